The molecule has 0 saturated heterocycles. The summed E-state index contributed by atoms with van der Waals surface area (Å²) in [6, 6.07) is 5.93. The number of amides is 1. The first-order valence-electron chi connectivity index (χ1n) is 5.32. The quantitative estimate of drug-likeness (QED) is 0.424. The maximum atomic E-state index is 11.2. The van der Waals surface area contributed by atoms with Gasteiger partial charge in [0.25, 0.3) is 5.91 Å². The fraction of sp³-hybridized carbons (Fsp3) is 0.273. The van der Waals surface area contributed by atoms with Gasteiger partial charge in [-0.1, -0.05) is 6.07 Å². The molecule has 0 atom stereocenters. The van der Waals surface area contributed by atoms with Gasteiger partial charge in [0.2, 0.25) is 0 Å². The average molecular weight is 264 g/mol. The number of nitrogens with one attached hydrogen (secondary N) is 1. The van der Waals surface area contributed by atoms with Gasteiger partial charge in [0.1, 0.15) is 6.54 Å². The first-order valence-corrected chi connectivity index (χ1v) is 5.32. The maximum Gasteiger partial charge on any atom is 0.310 e. The Morgan fingerprint density at radius 3 is 2.89 bits per heavy atom. The molecule has 3 N–H and O–H groups in total. The molecule has 1 rings (SSSR count). The standard InChI is InChI=1S/C11H12N4O4/c12-3-4-14-11(16)7-19-10-5-8(6-13)1-2-9(10)15(17)18/h1-2,5H,4,6-7,13H2,(H,14,16). The highest BCUT2D eigenvalue weighted by Gasteiger charge is 2.16. The largest absolute Gasteiger partial charge is 0.477 e. The van der Waals surface area contributed by atoms with Gasteiger partial charge in [0.05, 0.1) is 11.0 Å². The first kappa shape index (κ1) is 14.4. The van der Waals surface area contributed by atoms with Crippen LogP contribution in [-0.2, 0) is 11.3 Å². The SMILES string of the molecule is N#CCNC(=O)COc1cc(CN)ccc1[N+](=O)[O-]. The van der Waals surface area contributed by atoms with Crippen molar-refractivity contribution in [2.45, 2.75) is 6.54 Å². The molecule has 19 heavy (non-hydrogen) atoms. The minimum atomic E-state index is -0.608. The summed E-state index contributed by atoms with van der Waals surface area (Å²) in [6.45, 7) is -0.349. The van der Waals surface area contributed by atoms with Crippen molar-refractivity contribution in [1.82, 2.24) is 5.32 Å². The number of carbonyl (C=O) groups is 1. The van der Waals surface area contributed by atoms with Crippen LogP contribution in [0.15, 0.2) is 18.2 Å². The van der Waals surface area contributed by atoms with E-state index in [1.807, 2.05) is 0 Å². The molecule has 0 heterocycles. The molecule has 0 unspecified atom stereocenters. The van der Waals surface area contributed by atoms with Crippen molar-refractivity contribution in [1.29, 1.82) is 5.26 Å². The summed E-state index contributed by atoms with van der Waals surface area (Å²) < 4.78 is 5.08. The molecule has 0 saturated carbocycles. The van der Waals surface area contributed by atoms with Crippen molar-refractivity contribution in [3.63, 3.8) is 0 Å². The number of nitriles is 1. The number of benzene rings is 1. The predicted molar refractivity (Wildman–Crippen MR) is 65.1 cm³/mol. The molecule has 0 aliphatic heterocycles. The maximum absolute atomic E-state index is 11.2. The molecular weight excluding hydrogens is 252 g/mol. The van der Waals surface area contributed by atoms with Gasteiger partial charge >= 0.3 is 5.69 Å². The van der Waals surface area contributed by atoms with Crippen LogP contribution in [0.2, 0.25) is 0 Å². The van der Waals surface area contributed by atoms with Crippen LogP contribution in [0.1, 0.15) is 5.56 Å². The van der Waals surface area contributed by atoms with Gasteiger partial charge in [-0.3, -0.25) is 14.9 Å². The van der Waals surface area contributed by atoms with Gasteiger partial charge < -0.3 is 15.8 Å². The van der Waals surface area contributed by atoms with E-state index in [1.165, 1.54) is 18.2 Å². The minimum Gasteiger partial charge on any atom is -0.477 e. The summed E-state index contributed by atoms with van der Waals surface area (Å²) in [7, 11) is 0. The van der Waals surface area contributed by atoms with Crippen LogP contribution in [0, 0.1) is 21.4 Å². The summed E-state index contributed by atoms with van der Waals surface area (Å²) in [4.78, 5) is 21.4. The molecule has 0 spiro atoms. The Bertz CT molecular complexity index is 524. The zero-order valence-corrected chi connectivity index (χ0v) is 9.96. The van der Waals surface area contributed by atoms with Crippen LogP contribution in [0.5, 0.6) is 5.75 Å². The van der Waals surface area contributed by atoms with Crippen LogP contribution in [-0.4, -0.2) is 24.0 Å². The van der Waals surface area contributed by atoms with E-state index in [0.29, 0.717) is 5.56 Å². The molecule has 1 aromatic rings. The van der Waals surface area contributed by atoms with Gasteiger partial charge in [-0.2, -0.15) is 5.26 Å². The van der Waals surface area contributed by atoms with E-state index in [-0.39, 0.29) is 24.5 Å². The van der Waals surface area contributed by atoms with E-state index >= 15 is 0 Å². The number of ether oxygens (including phenoxy) is 1. The molecule has 0 aromatic heterocycles. The monoisotopic (exact) mass is 264 g/mol. The third-order valence-electron chi connectivity index (χ3n) is 2.18. The number of hydrogen-bond donors (Lipinski definition) is 2. The smallest absolute Gasteiger partial charge is 0.310 e. The molecule has 8 nitrogen and oxygen atoms in total. The second-order valence-corrected chi connectivity index (χ2v) is 3.49. The average Bonchev–Trinajstić information content (AvgIpc) is 2.42. The highest BCUT2D eigenvalue weighted by atomic mass is 16.6. The molecule has 1 amide bonds. The summed E-state index contributed by atoms with van der Waals surface area (Å²) >= 11 is 0. The van der Waals surface area contributed by atoms with E-state index < -0.39 is 17.4 Å². The van der Waals surface area contributed by atoms with Crippen molar-refractivity contribution in [3.8, 4) is 11.8 Å². The second-order valence-electron chi connectivity index (χ2n) is 3.49. The number of carbonyl (C=O) groups excluding carboxylic acids is 1. The lowest BCUT2D eigenvalue weighted by Gasteiger charge is -2.07. The van der Waals surface area contributed by atoms with E-state index in [2.05, 4.69) is 5.32 Å². The Morgan fingerprint density at radius 1 is 1.58 bits per heavy atom. The lowest BCUT2D eigenvalue weighted by atomic mass is 10.2. The second kappa shape index (κ2) is 6.93. The normalized spacial score (nSPS) is 9.47. The molecule has 0 radical (unpaired) electrons. The van der Waals surface area contributed by atoms with Gasteiger partial charge in [-0.05, 0) is 11.6 Å². The fourth-order valence-electron chi connectivity index (χ4n) is 1.28. The molecule has 1 aromatic carbocycles. The van der Waals surface area contributed by atoms with Crippen LogP contribution < -0.4 is 15.8 Å². The highest BCUT2D eigenvalue weighted by molar-refractivity contribution is 5.77. The highest BCUT2D eigenvalue weighted by Crippen LogP contribution is 2.27. The number of nitro groups is 1. The summed E-state index contributed by atoms with van der Waals surface area (Å²) in [5.41, 5.74) is 5.83. The Morgan fingerprint density at radius 2 is 2.32 bits per heavy atom. The minimum absolute atomic E-state index is 0.0277. The number of nitrogens with zero attached hydrogens (tertiary/aromatic N) is 2. The lowest BCUT2D eigenvalue weighted by molar-refractivity contribution is -0.385. The summed E-state index contributed by atoms with van der Waals surface area (Å²) in [5, 5.41) is 21.3. The molecule has 0 aliphatic carbocycles. The fourth-order valence-corrected chi connectivity index (χ4v) is 1.28. The first-order chi connectivity index (χ1) is 9.08. The summed E-state index contributed by atoms with van der Waals surface area (Å²) in [6.07, 6.45) is 0. The van der Waals surface area contributed by atoms with Crippen molar-refractivity contribution in [3.05, 3.63) is 33.9 Å². The third kappa shape index (κ3) is 4.25. The summed E-state index contributed by atoms with van der Waals surface area (Å²) in [5.74, 6) is -0.561. The van der Waals surface area contributed by atoms with Crippen molar-refractivity contribution in [2.24, 2.45) is 5.73 Å². The molecule has 0 aliphatic rings. The lowest BCUT2D eigenvalue weighted by Crippen LogP contribution is -2.29. The molecule has 8 heteroatoms. The van der Waals surface area contributed by atoms with Gasteiger partial charge in [0, 0.05) is 12.6 Å². The zero-order chi connectivity index (χ0) is 14.3. The van der Waals surface area contributed by atoms with Crippen molar-refractivity contribution < 1.29 is 14.5 Å². The van der Waals surface area contributed by atoms with Gasteiger partial charge in [-0.25, -0.2) is 0 Å². The van der Waals surface area contributed by atoms with Crippen molar-refractivity contribution in [2.75, 3.05) is 13.2 Å². The Hall–Kier alpha value is -2.66. The molecule has 0 bridgehead atoms. The zero-order valence-electron chi connectivity index (χ0n) is 9.96. The van der Waals surface area contributed by atoms with Crippen LogP contribution in [0.3, 0.4) is 0 Å². The number of nitro benzene ring substituents is 1. The molecule has 100 valence electrons. The van der Waals surface area contributed by atoms with E-state index in [9.17, 15) is 14.9 Å². The number of nitrogens with two attached hydrogens (primary N) is 1. The van der Waals surface area contributed by atoms with Crippen molar-refractivity contribution >= 4 is 11.6 Å². The molecule has 0 fully saturated rings. The topological polar surface area (TPSA) is 131 Å². The Balaban J connectivity index is 2.78. The predicted octanol–water partition coefficient (Wildman–Crippen LogP) is 0.0721. The van der Waals surface area contributed by atoms with Gasteiger partial charge in [-0.15, -0.1) is 0 Å². The van der Waals surface area contributed by atoms with E-state index in [1.54, 1.807) is 6.07 Å². The van der Waals surface area contributed by atoms with Gasteiger partial charge in [0.15, 0.2) is 12.4 Å². The van der Waals surface area contributed by atoms with E-state index in [4.69, 9.17) is 15.7 Å². The Kier molecular flexibility index (Phi) is 5.25. The third-order valence-corrected chi connectivity index (χ3v) is 2.18. The van der Waals surface area contributed by atoms with E-state index in [0.717, 1.165) is 0 Å². The van der Waals surface area contributed by atoms with Crippen LogP contribution in [0.25, 0.3) is 0 Å². The van der Waals surface area contributed by atoms with Crippen LogP contribution in [0.4, 0.5) is 5.69 Å². The Labute approximate surface area is 108 Å². The number of hydrogen-bond acceptors (Lipinski definition) is 6. The van der Waals surface area contributed by atoms with Crippen LogP contribution >= 0.6 is 0 Å². The number of rotatable bonds is 6. The molecular formula is C11H12N4O4.